The minimum absolute atomic E-state index is 0.0295. The number of fused-ring (bicyclic) bond motifs is 2. The smallest absolute Gasteiger partial charge is 0.255 e. The number of anilines is 1. The Kier molecular flexibility index (Phi) is 4.62. The Bertz CT molecular complexity index is 1300. The fraction of sp³-hybridized carbons (Fsp3) is 0.167. The SMILES string of the molecule is CC(C)(C)c1ccccc1NC(=O)c1ccc2c(c1)S(=O)(=O)c1ccccc1C2=O. The van der Waals surface area contributed by atoms with Crippen LogP contribution in [-0.4, -0.2) is 20.1 Å². The van der Waals surface area contributed by atoms with Crippen LogP contribution in [0, 0.1) is 0 Å². The van der Waals surface area contributed by atoms with Crippen LogP contribution in [0.1, 0.15) is 52.6 Å². The Morgan fingerprint density at radius 3 is 2.20 bits per heavy atom. The molecule has 0 bridgehead atoms. The highest BCUT2D eigenvalue weighted by Crippen LogP contribution is 2.35. The van der Waals surface area contributed by atoms with E-state index in [-0.39, 0.29) is 37.7 Å². The molecule has 6 heteroatoms. The third kappa shape index (κ3) is 3.23. The summed E-state index contributed by atoms with van der Waals surface area (Å²) in [5, 5.41) is 2.88. The first-order valence-corrected chi connectivity index (χ1v) is 11.0. The normalized spacial score (nSPS) is 14.6. The van der Waals surface area contributed by atoms with E-state index in [9.17, 15) is 18.0 Å². The number of benzene rings is 3. The summed E-state index contributed by atoms with van der Waals surface area (Å²) < 4.78 is 26.2. The standard InChI is InChI=1S/C24H21NO4S/c1-24(2,3)18-9-5-6-10-19(18)25-23(27)15-12-13-17-21(14-15)30(28,29)20-11-7-4-8-16(20)22(17)26/h4-14H,1-3H3,(H,25,27). The van der Waals surface area contributed by atoms with Crippen molar-refractivity contribution in [2.75, 3.05) is 5.32 Å². The maximum absolute atomic E-state index is 13.1. The number of carbonyl (C=O) groups excluding carboxylic acids is 2. The van der Waals surface area contributed by atoms with Gasteiger partial charge in [0.15, 0.2) is 5.78 Å². The van der Waals surface area contributed by atoms with Crippen molar-refractivity contribution in [3.05, 3.63) is 89.0 Å². The minimum atomic E-state index is -3.90. The monoisotopic (exact) mass is 419 g/mol. The predicted molar refractivity (Wildman–Crippen MR) is 115 cm³/mol. The number of sulfone groups is 1. The van der Waals surface area contributed by atoms with Crippen molar-refractivity contribution in [2.45, 2.75) is 36.0 Å². The molecule has 0 aromatic heterocycles. The quantitative estimate of drug-likeness (QED) is 0.514. The van der Waals surface area contributed by atoms with Gasteiger partial charge in [0.1, 0.15) is 0 Å². The van der Waals surface area contributed by atoms with Crippen molar-refractivity contribution in [1.82, 2.24) is 0 Å². The molecular weight excluding hydrogens is 398 g/mol. The van der Waals surface area contributed by atoms with E-state index in [1.54, 1.807) is 12.1 Å². The van der Waals surface area contributed by atoms with Gasteiger partial charge in [0, 0.05) is 22.4 Å². The molecule has 0 atom stereocenters. The van der Waals surface area contributed by atoms with E-state index in [0.717, 1.165) is 5.56 Å². The molecule has 0 saturated carbocycles. The molecule has 0 spiro atoms. The summed E-state index contributed by atoms with van der Waals surface area (Å²) in [6.07, 6.45) is 0. The Balaban J connectivity index is 1.75. The topological polar surface area (TPSA) is 80.3 Å². The van der Waals surface area contributed by atoms with Crippen LogP contribution in [0.3, 0.4) is 0 Å². The van der Waals surface area contributed by atoms with Gasteiger partial charge in [0.2, 0.25) is 9.84 Å². The van der Waals surface area contributed by atoms with Crippen molar-refractivity contribution in [3.63, 3.8) is 0 Å². The van der Waals surface area contributed by atoms with E-state index in [2.05, 4.69) is 5.32 Å². The summed E-state index contributed by atoms with van der Waals surface area (Å²) >= 11 is 0. The van der Waals surface area contributed by atoms with E-state index >= 15 is 0 Å². The summed E-state index contributed by atoms with van der Waals surface area (Å²) in [4.78, 5) is 25.5. The lowest BCUT2D eigenvalue weighted by Crippen LogP contribution is -2.22. The second kappa shape index (κ2) is 6.92. The fourth-order valence-corrected chi connectivity index (χ4v) is 5.34. The zero-order chi connectivity index (χ0) is 21.7. The Hall–Kier alpha value is -3.25. The summed E-state index contributed by atoms with van der Waals surface area (Å²) in [5.74, 6) is -0.795. The highest BCUT2D eigenvalue weighted by atomic mass is 32.2. The molecule has 0 aliphatic carbocycles. The van der Waals surface area contributed by atoms with Crippen LogP contribution in [0.25, 0.3) is 0 Å². The molecule has 1 N–H and O–H groups in total. The molecule has 5 nitrogen and oxygen atoms in total. The maximum atomic E-state index is 13.1. The number of nitrogens with one attached hydrogen (secondary N) is 1. The Labute approximate surface area is 175 Å². The van der Waals surface area contributed by atoms with Gasteiger partial charge in [-0.2, -0.15) is 0 Å². The molecule has 4 rings (SSSR count). The molecule has 30 heavy (non-hydrogen) atoms. The molecule has 1 heterocycles. The summed E-state index contributed by atoms with van der Waals surface area (Å²) in [6, 6.07) is 17.8. The van der Waals surface area contributed by atoms with Crippen molar-refractivity contribution < 1.29 is 18.0 Å². The van der Waals surface area contributed by atoms with Gasteiger partial charge in [-0.1, -0.05) is 51.1 Å². The maximum Gasteiger partial charge on any atom is 0.255 e. The lowest BCUT2D eigenvalue weighted by molar-refractivity contribution is 0.101. The van der Waals surface area contributed by atoms with E-state index in [0.29, 0.717) is 5.69 Å². The largest absolute Gasteiger partial charge is 0.322 e. The number of ketones is 1. The van der Waals surface area contributed by atoms with Crippen molar-refractivity contribution >= 4 is 27.2 Å². The van der Waals surface area contributed by atoms with Gasteiger partial charge in [0.05, 0.1) is 9.79 Å². The molecule has 0 saturated heterocycles. The summed E-state index contributed by atoms with van der Waals surface area (Å²) in [7, 11) is -3.90. The zero-order valence-electron chi connectivity index (χ0n) is 16.9. The molecule has 0 unspecified atom stereocenters. The van der Waals surface area contributed by atoms with E-state index in [4.69, 9.17) is 0 Å². The second-order valence-corrected chi connectivity index (χ2v) is 10.2. The van der Waals surface area contributed by atoms with Crippen LogP contribution >= 0.6 is 0 Å². The molecule has 1 aliphatic heterocycles. The third-order valence-corrected chi connectivity index (χ3v) is 7.03. The van der Waals surface area contributed by atoms with Crippen molar-refractivity contribution in [2.24, 2.45) is 0 Å². The van der Waals surface area contributed by atoms with E-state index < -0.39 is 15.7 Å². The number of rotatable bonds is 2. The van der Waals surface area contributed by atoms with Gasteiger partial charge in [-0.25, -0.2) is 8.42 Å². The van der Waals surface area contributed by atoms with Crippen LogP contribution in [0.5, 0.6) is 0 Å². The van der Waals surface area contributed by atoms with Gasteiger partial charge in [-0.15, -0.1) is 0 Å². The molecular formula is C24H21NO4S. The second-order valence-electron chi connectivity index (χ2n) is 8.29. The minimum Gasteiger partial charge on any atom is -0.322 e. The van der Waals surface area contributed by atoms with Crippen LogP contribution < -0.4 is 5.32 Å². The lowest BCUT2D eigenvalue weighted by atomic mass is 9.86. The predicted octanol–water partition coefficient (Wildman–Crippen LogP) is 4.61. The average molecular weight is 420 g/mol. The van der Waals surface area contributed by atoms with E-state index in [1.807, 2.05) is 45.0 Å². The molecule has 3 aromatic carbocycles. The van der Waals surface area contributed by atoms with Gasteiger partial charge < -0.3 is 5.32 Å². The number of hydrogen-bond donors (Lipinski definition) is 1. The number of amides is 1. The molecule has 1 aliphatic rings. The fourth-order valence-electron chi connectivity index (χ4n) is 3.67. The lowest BCUT2D eigenvalue weighted by Gasteiger charge is -2.23. The zero-order valence-corrected chi connectivity index (χ0v) is 17.7. The number of hydrogen-bond acceptors (Lipinski definition) is 4. The van der Waals surface area contributed by atoms with Crippen LogP contribution in [0.4, 0.5) is 5.69 Å². The Morgan fingerprint density at radius 1 is 0.833 bits per heavy atom. The third-order valence-electron chi connectivity index (χ3n) is 5.18. The highest BCUT2D eigenvalue weighted by molar-refractivity contribution is 7.91. The molecule has 152 valence electrons. The summed E-state index contributed by atoms with van der Waals surface area (Å²) in [5.41, 5.74) is 1.86. The van der Waals surface area contributed by atoms with Gasteiger partial charge in [0.25, 0.3) is 5.91 Å². The Morgan fingerprint density at radius 2 is 1.47 bits per heavy atom. The highest BCUT2D eigenvalue weighted by Gasteiger charge is 2.35. The first-order chi connectivity index (χ1) is 14.1. The van der Waals surface area contributed by atoms with Crippen LogP contribution in [0.15, 0.2) is 76.5 Å². The van der Waals surface area contributed by atoms with Crippen molar-refractivity contribution in [3.8, 4) is 0 Å². The molecule has 0 radical (unpaired) electrons. The number of para-hydroxylation sites is 1. The van der Waals surface area contributed by atoms with Crippen LogP contribution in [-0.2, 0) is 15.3 Å². The number of carbonyl (C=O) groups is 2. The van der Waals surface area contributed by atoms with E-state index in [1.165, 1.54) is 30.3 Å². The van der Waals surface area contributed by atoms with Gasteiger partial charge in [-0.05, 0) is 47.4 Å². The van der Waals surface area contributed by atoms with Gasteiger partial charge >= 0.3 is 0 Å². The molecule has 3 aromatic rings. The van der Waals surface area contributed by atoms with Crippen LogP contribution in [0.2, 0.25) is 0 Å². The average Bonchev–Trinajstić information content (AvgIpc) is 2.71. The molecule has 1 amide bonds. The molecule has 0 fully saturated rings. The van der Waals surface area contributed by atoms with Gasteiger partial charge in [-0.3, -0.25) is 9.59 Å². The first kappa shape index (κ1) is 20.0. The van der Waals surface area contributed by atoms with Crippen molar-refractivity contribution in [1.29, 1.82) is 0 Å². The first-order valence-electron chi connectivity index (χ1n) is 9.54. The summed E-state index contributed by atoms with van der Waals surface area (Å²) in [6.45, 7) is 6.14.